The van der Waals surface area contributed by atoms with Crippen molar-refractivity contribution >= 4 is 54.8 Å². The summed E-state index contributed by atoms with van der Waals surface area (Å²) in [6.07, 6.45) is 0. The Balaban J connectivity index is 2.27. The van der Waals surface area contributed by atoms with Crippen molar-refractivity contribution in [2.24, 2.45) is 0 Å². The van der Waals surface area contributed by atoms with Gasteiger partial charge in [0.05, 0.1) is 19.9 Å². The van der Waals surface area contributed by atoms with E-state index in [0.717, 1.165) is 14.3 Å². The van der Waals surface area contributed by atoms with Crippen LogP contribution in [0.5, 0.6) is 0 Å². The molecule has 19 heavy (non-hydrogen) atoms. The molecule has 7 heteroatoms. The Bertz CT molecular complexity index is 674. The standard InChI is InChI=1S/C12H5Br2FN2OS/c13-8-4-10(19-11(8)14)12(18)17-9-2-1-7(15)3-6(9)5-16/h1-4H,(H,17,18). The van der Waals surface area contributed by atoms with Gasteiger partial charge in [-0.3, -0.25) is 4.79 Å². The molecule has 96 valence electrons. The van der Waals surface area contributed by atoms with Gasteiger partial charge in [0.1, 0.15) is 11.9 Å². The van der Waals surface area contributed by atoms with Crippen LogP contribution in [0.25, 0.3) is 0 Å². The lowest BCUT2D eigenvalue weighted by molar-refractivity contribution is 0.103. The van der Waals surface area contributed by atoms with Crippen molar-refractivity contribution in [3.8, 4) is 6.07 Å². The fourth-order valence-electron chi connectivity index (χ4n) is 1.36. The lowest BCUT2D eigenvalue weighted by Crippen LogP contribution is -2.11. The molecule has 1 amide bonds. The number of nitriles is 1. The van der Waals surface area contributed by atoms with Gasteiger partial charge in [0.15, 0.2) is 0 Å². The molecule has 1 aromatic heterocycles. The van der Waals surface area contributed by atoms with Gasteiger partial charge in [-0.25, -0.2) is 4.39 Å². The molecule has 0 unspecified atom stereocenters. The van der Waals surface area contributed by atoms with E-state index in [1.807, 2.05) is 6.07 Å². The third-order valence-electron chi connectivity index (χ3n) is 2.22. The summed E-state index contributed by atoms with van der Waals surface area (Å²) in [6.45, 7) is 0. The second-order valence-corrected chi connectivity index (χ2v) is 6.71. The molecule has 0 fully saturated rings. The van der Waals surface area contributed by atoms with Crippen LogP contribution in [0.3, 0.4) is 0 Å². The first-order chi connectivity index (χ1) is 9.01. The van der Waals surface area contributed by atoms with Gasteiger partial charge in [-0.1, -0.05) is 0 Å². The summed E-state index contributed by atoms with van der Waals surface area (Å²) in [5, 5.41) is 11.5. The molecule has 0 aliphatic carbocycles. The molecule has 0 radical (unpaired) electrons. The highest BCUT2D eigenvalue weighted by atomic mass is 79.9. The number of nitrogens with zero attached hydrogens (tertiary/aromatic N) is 1. The van der Waals surface area contributed by atoms with Crippen LogP contribution >= 0.6 is 43.2 Å². The van der Waals surface area contributed by atoms with Crippen LogP contribution in [0, 0.1) is 17.1 Å². The second kappa shape index (κ2) is 5.82. The van der Waals surface area contributed by atoms with E-state index in [4.69, 9.17) is 5.26 Å². The molecule has 0 spiro atoms. The van der Waals surface area contributed by atoms with Crippen molar-refractivity contribution in [2.75, 3.05) is 5.32 Å². The Labute approximate surface area is 129 Å². The molecule has 3 nitrogen and oxygen atoms in total. The number of carbonyl (C=O) groups is 1. The minimum Gasteiger partial charge on any atom is -0.320 e. The van der Waals surface area contributed by atoms with Crippen LogP contribution in [0.15, 0.2) is 32.5 Å². The number of nitrogens with one attached hydrogen (secondary N) is 1. The van der Waals surface area contributed by atoms with Crippen LogP contribution < -0.4 is 5.32 Å². The Morgan fingerprint density at radius 1 is 1.37 bits per heavy atom. The van der Waals surface area contributed by atoms with Crippen molar-refractivity contribution < 1.29 is 9.18 Å². The van der Waals surface area contributed by atoms with Gasteiger partial charge in [0.25, 0.3) is 5.91 Å². The summed E-state index contributed by atoms with van der Waals surface area (Å²) in [7, 11) is 0. The minimum absolute atomic E-state index is 0.0861. The topological polar surface area (TPSA) is 52.9 Å². The number of amides is 1. The van der Waals surface area contributed by atoms with Gasteiger partial charge >= 0.3 is 0 Å². The quantitative estimate of drug-likeness (QED) is 0.800. The average molecular weight is 404 g/mol. The number of benzene rings is 1. The number of hydrogen-bond acceptors (Lipinski definition) is 3. The first-order valence-electron chi connectivity index (χ1n) is 4.97. The molecule has 0 bridgehead atoms. The highest BCUT2D eigenvalue weighted by molar-refractivity contribution is 9.13. The Morgan fingerprint density at radius 2 is 2.11 bits per heavy atom. The summed E-state index contributed by atoms with van der Waals surface area (Å²) < 4.78 is 14.6. The molecule has 0 aliphatic rings. The van der Waals surface area contributed by atoms with E-state index in [9.17, 15) is 9.18 Å². The molecule has 2 aromatic rings. The molecular formula is C12H5Br2FN2OS. The Morgan fingerprint density at radius 3 is 2.68 bits per heavy atom. The van der Waals surface area contributed by atoms with Crippen LogP contribution in [0.1, 0.15) is 15.2 Å². The molecule has 0 saturated heterocycles. The van der Waals surface area contributed by atoms with E-state index < -0.39 is 5.82 Å². The lowest BCUT2D eigenvalue weighted by atomic mass is 10.2. The van der Waals surface area contributed by atoms with Crippen molar-refractivity contribution in [1.29, 1.82) is 5.26 Å². The zero-order valence-corrected chi connectivity index (χ0v) is 13.2. The number of hydrogen-bond donors (Lipinski definition) is 1. The van der Waals surface area contributed by atoms with Crippen LogP contribution in [0.4, 0.5) is 10.1 Å². The molecule has 0 atom stereocenters. The zero-order chi connectivity index (χ0) is 14.0. The molecule has 1 N–H and O–H groups in total. The fraction of sp³-hybridized carbons (Fsp3) is 0. The van der Waals surface area contributed by atoms with Crippen molar-refractivity contribution in [2.45, 2.75) is 0 Å². The van der Waals surface area contributed by atoms with E-state index in [1.54, 1.807) is 6.07 Å². The van der Waals surface area contributed by atoms with E-state index in [-0.39, 0.29) is 17.2 Å². The maximum atomic E-state index is 13.0. The Hall–Kier alpha value is -1.23. The van der Waals surface area contributed by atoms with E-state index in [2.05, 4.69) is 37.2 Å². The Kier molecular flexibility index (Phi) is 4.34. The second-order valence-electron chi connectivity index (χ2n) is 3.49. The van der Waals surface area contributed by atoms with Crippen molar-refractivity contribution in [3.05, 3.63) is 48.8 Å². The van der Waals surface area contributed by atoms with E-state index in [0.29, 0.717) is 4.88 Å². The summed E-state index contributed by atoms with van der Waals surface area (Å²) >= 11 is 7.85. The predicted octanol–water partition coefficient (Wildman–Crippen LogP) is 4.54. The summed E-state index contributed by atoms with van der Waals surface area (Å²) in [5.74, 6) is -0.865. The summed E-state index contributed by atoms with van der Waals surface area (Å²) in [6, 6.07) is 7.14. The molecular weight excluding hydrogens is 399 g/mol. The normalized spacial score (nSPS) is 10.0. The van der Waals surface area contributed by atoms with Crippen molar-refractivity contribution in [1.82, 2.24) is 0 Å². The average Bonchev–Trinajstić information content (AvgIpc) is 2.72. The van der Waals surface area contributed by atoms with E-state index in [1.165, 1.54) is 23.5 Å². The number of halogens is 3. The molecule has 0 saturated carbocycles. The van der Waals surface area contributed by atoms with Crippen LogP contribution in [0.2, 0.25) is 0 Å². The van der Waals surface area contributed by atoms with Gasteiger partial charge in [0, 0.05) is 4.47 Å². The third-order valence-corrected chi connectivity index (χ3v) is 5.47. The smallest absolute Gasteiger partial charge is 0.265 e. The van der Waals surface area contributed by atoms with Gasteiger partial charge in [-0.05, 0) is 56.1 Å². The van der Waals surface area contributed by atoms with Crippen molar-refractivity contribution in [3.63, 3.8) is 0 Å². The van der Waals surface area contributed by atoms with Crippen LogP contribution in [-0.2, 0) is 0 Å². The van der Waals surface area contributed by atoms with Gasteiger partial charge < -0.3 is 5.32 Å². The number of carbonyl (C=O) groups excluding carboxylic acids is 1. The maximum absolute atomic E-state index is 13.0. The summed E-state index contributed by atoms with van der Waals surface area (Å²) in [4.78, 5) is 12.5. The van der Waals surface area contributed by atoms with Gasteiger partial charge in [0.2, 0.25) is 0 Å². The molecule has 1 aromatic carbocycles. The van der Waals surface area contributed by atoms with Gasteiger partial charge in [-0.15, -0.1) is 11.3 Å². The molecule has 1 heterocycles. The first kappa shape index (κ1) is 14.2. The zero-order valence-electron chi connectivity index (χ0n) is 9.21. The third kappa shape index (κ3) is 3.21. The predicted molar refractivity (Wildman–Crippen MR) is 78.8 cm³/mol. The van der Waals surface area contributed by atoms with E-state index >= 15 is 0 Å². The SMILES string of the molecule is N#Cc1cc(F)ccc1NC(=O)c1cc(Br)c(Br)s1. The van der Waals surface area contributed by atoms with Crippen LogP contribution in [-0.4, -0.2) is 5.91 Å². The number of thiophene rings is 1. The first-order valence-corrected chi connectivity index (χ1v) is 7.37. The molecule has 0 aliphatic heterocycles. The highest BCUT2D eigenvalue weighted by Crippen LogP contribution is 2.32. The monoisotopic (exact) mass is 402 g/mol. The number of rotatable bonds is 2. The maximum Gasteiger partial charge on any atom is 0.265 e. The fourth-order valence-corrected chi connectivity index (χ4v) is 3.29. The summed E-state index contributed by atoms with van der Waals surface area (Å²) in [5.41, 5.74) is 0.373. The number of anilines is 1. The minimum atomic E-state index is -0.517. The lowest BCUT2D eigenvalue weighted by Gasteiger charge is -2.05. The van der Waals surface area contributed by atoms with Gasteiger partial charge in [-0.2, -0.15) is 5.26 Å². The highest BCUT2D eigenvalue weighted by Gasteiger charge is 2.14. The largest absolute Gasteiger partial charge is 0.320 e. The molecule has 2 rings (SSSR count).